The van der Waals surface area contributed by atoms with Gasteiger partial charge in [0.15, 0.2) is 20.7 Å². The molecular formula is C18H15N5O3S. The van der Waals surface area contributed by atoms with Gasteiger partial charge in [0.05, 0.1) is 29.2 Å². The zero-order valence-electron chi connectivity index (χ0n) is 14.3. The van der Waals surface area contributed by atoms with Crippen LogP contribution in [0.5, 0.6) is 11.5 Å². The number of hydrogen-bond acceptors (Lipinski definition) is 7. The van der Waals surface area contributed by atoms with Gasteiger partial charge in [-0.1, -0.05) is 6.92 Å². The highest BCUT2D eigenvalue weighted by Crippen LogP contribution is 2.26. The van der Waals surface area contributed by atoms with Gasteiger partial charge in [-0.2, -0.15) is 0 Å². The lowest BCUT2D eigenvalue weighted by Crippen LogP contribution is -2.05. The summed E-state index contributed by atoms with van der Waals surface area (Å²) in [5.41, 5.74) is 1.60. The topological polar surface area (TPSA) is 99.9 Å². The number of aromatic nitrogens is 5. The quantitative estimate of drug-likeness (QED) is 0.524. The number of sulfone groups is 1. The Labute approximate surface area is 155 Å². The molecule has 0 amide bonds. The lowest BCUT2D eigenvalue weighted by Gasteiger charge is -2.07. The van der Waals surface area contributed by atoms with E-state index in [1.54, 1.807) is 44.0 Å². The van der Waals surface area contributed by atoms with E-state index in [2.05, 4.69) is 19.9 Å². The van der Waals surface area contributed by atoms with Gasteiger partial charge in [0.25, 0.3) is 0 Å². The van der Waals surface area contributed by atoms with Crippen LogP contribution in [0.4, 0.5) is 0 Å². The van der Waals surface area contributed by atoms with Crippen LogP contribution < -0.4 is 4.74 Å². The number of rotatable bonds is 5. The average molecular weight is 381 g/mol. The molecule has 8 nitrogen and oxygen atoms in total. The van der Waals surface area contributed by atoms with E-state index in [0.29, 0.717) is 17.3 Å². The van der Waals surface area contributed by atoms with Crippen molar-refractivity contribution in [2.45, 2.75) is 11.9 Å². The molecule has 0 spiro atoms. The molecule has 0 saturated heterocycles. The van der Waals surface area contributed by atoms with Gasteiger partial charge in [-0.3, -0.25) is 9.55 Å². The molecule has 4 rings (SSSR count). The molecule has 0 atom stereocenters. The number of nitrogens with zero attached hydrogens (tertiary/aromatic N) is 5. The third kappa shape index (κ3) is 3.36. The third-order valence-electron chi connectivity index (χ3n) is 3.96. The second-order valence-electron chi connectivity index (χ2n) is 5.67. The SMILES string of the molecule is CCS(=O)(=O)c1ccc(Oc2ccc3ncn(-c4cnccn4)c3c2)cn1. The van der Waals surface area contributed by atoms with E-state index in [4.69, 9.17) is 4.74 Å². The molecular weight excluding hydrogens is 366 g/mol. The van der Waals surface area contributed by atoms with E-state index < -0.39 is 9.84 Å². The molecule has 0 bridgehead atoms. The second kappa shape index (κ2) is 6.76. The molecule has 0 fully saturated rings. The average Bonchev–Trinajstić information content (AvgIpc) is 3.12. The zero-order valence-corrected chi connectivity index (χ0v) is 15.2. The molecule has 0 unspecified atom stereocenters. The first-order valence-electron chi connectivity index (χ1n) is 8.17. The van der Waals surface area contributed by atoms with Crippen molar-refractivity contribution in [3.05, 3.63) is 61.4 Å². The van der Waals surface area contributed by atoms with Crippen LogP contribution in [0.15, 0.2) is 66.5 Å². The molecule has 0 N–H and O–H groups in total. The predicted octanol–water partition coefficient (Wildman–Crippen LogP) is 2.80. The van der Waals surface area contributed by atoms with Crippen LogP contribution >= 0.6 is 0 Å². The molecule has 0 radical (unpaired) electrons. The predicted molar refractivity (Wildman–Crippen MR) is 98.7 cm³/mol. The van der Waals surface area contributed by atoms with Crippen molar-refractivity contribution in [1.82, 2.24) is 24.5 Å². The Hall–Kier alpha value is -3.33. The Morgan fingerprint density at radius 3 is 2.56 bits per heavy atom. The van der Waals surface area contributed by atoms with E-state index in [1.165, 1.54) is 12.3 Å². The van der Waals surface area contributed by atoms with Gasteiger partial charge in [0.1, 0.15) is 17.8 Å². The van der Waals surface area contributed by atoms with Crippen LogP contribution in [0.25, 0.3) is 16.9 Å². The Balaban J connectivity index is 1.65. The molecule has 1 aromatic carbocycles. The van der Waals surface area contributed by atoms with Gasteiger partial charge in [0, 0.05) is 18.5 Å². The summed E-state index contributed by atoms with van der Waals surface area (Å²) in [6, 6.07) is 8.47. The second-order valence-corrected chi connectivity index (χ2v) is 7.89. The zero-order chi connectivity index (χ0) is 18.9. The van der Waals surface area contributed by atoms with Crippen molar-refractivity contribution in [3.8, 4) is 17.3 Å². The first-order valence-corrected chi connectivity index (χ1v) is 9.82. The smallest absolute Gasteiger partial charge is 0.195 e. The Morgan fingerprint density at radius 2 is 1.85 bits per heavy atom. The van der Waals surface area contributed by atoms with Crippen molar-refractivity contribution >= 4 is 20.9 Å². The van der Waals surface area contributed by atoms with Gasteiger partial charge < -0.3 is 4.74 Å². The molecule has 0 aliphatic rings. The summed E-state index contributed by atoms with van der Waals surface area (Å²) in [6.07, 6.45) is 7.92. The van der Waals surface area contributed by atoms with Crippen LogP contribution in [0, 0.1) is 0 Å². The summed E-state index contributed by atoms with van der Waals surface area (Å²) in [4.78, 5) is 16.7. The van der Waals surface area contributed by atoms with Gasteiger partial charge >= 0.3 is 0 Å². The maximum Gasteiger partial charge on any atom is 0.195 e. The molecule has 0 saturated carbocycles. The number of imidazole rings is 1. The standard InChI is InChI=1S/C18H15N5O3S/c1-2-27(24,25)18-6-4-14(10-21-18)26-13-3-5-15-16(9-13)23(12-22-15)17-11-19-7-8-20-17/h3-12H,2H2,1H3. The van der Waals surface area contributed by atoms with Gasteiger partial charge in [-0.15, -0.1) is 0 Å². The van der Waals surface area contributed by atoms with Gasteiger partial charge in [-0.05, 0) is 24.3 Å². The largest absolute Gasteiger partial charge is 0.456 e. The fourth-order valence-electron chi connectivity index (χ4n) is 2.54. The first-order chi connectivity index (χ1) is 13.1. The first kappa shape index (κ1) is 17.1. The van der Waals surface area contributed by atoms with Crippen molar-refractivity contribution in [2.24, 2.45) is 0 Å². The highest BCUT2D eigenvalue weighted by molar-refractivity contribution is 7.91. The normalized spacial score (nSPS) is 11.6. The molecule has 0 aliphatic carbocycles. The summed E-state index contributed by atoms with van der Waals surface area (Å²) in [6.45, 7) is 1.58. The fraction of sp³-hybridized carbons (Fsp3) is 0.111. The highest BCUT2D eigenvalue weighted by atomic mass is 32.2. The van der Waals surface area contributed by atoms with Crippen LogP contribution in [-0.2, 0) is 9.84 Å². The minimum absolute atomic E-state index is 0.00321. The number of benzene rings is 1. The van der Waals surface area contributed by atoms with E-state index in [-0.39, 0.29) is 10.8 Å². The highest BCUT2D eigenvalue weighted by Gasteiger charge is 2.13. The number of pyridine rings is 1. The van der Waals surface area contributed by atoms with Crippen LogP contribution in [0.1, 0.15) is 6.92 Å². The summed E-state index contributed by atoms with van der Waals surface area (Å²) < 4.78 is 31.3. The Kier molecular flexibility index (Phi) is 4.28. The number of ether oxygens (including phenoxy) is 1. The van der Waals surface area contributed by atoms with Gasteiger partial charge in [0.2, 0.25) is 0 Å². The molecule has 3 aromatic heterocycles. The maximum absolute atomic E-state index is 11.8. The van der Waals surface area contributed by atoms with Crippen LogP contribution in [0.2, 0.25) is 0 Å². The Morgan fingerprint density at radius 1 is 1.00 bits per heavy atom. The third-order valence-corrected chi connectivity index (χ3v) is 5.60. The minimum Gasteiger partial charge on any atom is -0.456 e. The summed E-state index contributed by atoms with van der Waals surface area (Å²) in [7, 11) is -3.34. The summed E-state index contributed by atoms with van der Waals surface area (Å²) in [5.74, 6) is 1.66. The van der Waals surface area contributed by atoms with Crippen molar-refractivity contribution in [1.29, 1.82) is 0 Å². The number of hydrogen-bond donors (Lipinski definition) is 0. The summed E-state index contributed by atoms with van der Waals surface area (Å²) >= 11 is 0. The molecule has 9 heteroatoms. The van der Waals surface area contributed by atoms with E-state index in [9.17, 15) is 8.42 Å². The van der Waals surface area contributed by atoms with E-state index in [0.717, 1.165) is 11.0 Å². The fourth-order valence-corrected chi connectivity index (χ4v) is 3.33. The van der Waals surface area contributed by atoms with E-state index >= 15 is 0 Å². The summed E-state index contributed by atoms with van der Waals surface area (Å²) in [5, 5.41) is 0.0357. The van der Waals surface area contributed by atoms with Crippen LogP contribution in [0.3, 0.4) is 0 Å². The lowest BCUT2D eigenvalue weighted by atomic mass is 10.3. The monoisotopic (exact) mass is 381 g/mol. The van der Waals surface area contributed by atoms with E-state index in [1.807, 2.05) is 16.7 Å². The lowest BCUT2D eigenvalue weighted by molar-refractivity contribution is 0.479. The number of fused-ring (bicyclic) bond motifs is 1. The van der Waals surface area contributed by atoms with Crippen molar-refractivity contribution in [3.63, 3.8) is 0 Å². The molecule has 4 aromatic rings. The maximum atomic E-state index is 11.8. The molecule has 136 valence electrons. The molecule has 0 aliphatic heterocycles. The minimum atomic E-state index is -3.34. The van der Waals surface area contributed by atoms with Crippen molar-refractivity contribution in [2.75, 3.05) is 5.75 Å². The van der Waals surface area contributed by atoms with Crippen LogP contribution in [-0.4, -0.2) is 38.7 Å². The van der Waals surface area contributed by atoms with Crippen molar-refractivity contribution < 1.29 is 13.2 Å². The molecule has 3 heterocycles. The Bertz CT molecular complexity index is 1190. The molecule has 27 heavy (non-hydrogen) atoms. The van der Waals surface area contributed by atoms with Gasteiger partial charge in [-0.25, -0.2) is 23.4 Å².